The first-order valence-corrected chi connectivity index (χ1v) is 3.91. The number of aldehydes is 1. The average molecular weight is 224 g/mol. The molecule has 8 heteroatoms. The summed E-state index contributed by atoms with van der Waals surface area (Å²) in [6, 6.07) is 0. The van der Waals surface area contributed by atoms with Crippen LogP contribution >= 0.6 is 0 Å². The van der Waals surface area contributed by atoms with Crippen LogP contribution in [0.1, 0.15) is 0 Å². The predicted molar refractivity (Wildman–Crippen MR) is 43.7 cm³/mol. The van der Waals surface area contributed by atoms with Gasteiger partial charge in [0, 0.05) is 0 Å². The summed E-state index contributed by atoms with van der Waals surface area (Å²) in [6.07, 6.45) is -10.9. The van der Waals surface area contributed by atoms with Crippen LogP contribution in [0.15, 0.2) is 0 Å². The van der Waals surface area contributed by atoms with Crippen LogP contribution in [0.3, 0.4) is 0 Å². The van der Waals surface area contributed by atoms with Crippen molar-refractivity contribution >= 4 is 12.3 Å². The molecular formula is C7H12O8. The summed E-state index contributed by atoms with van der Waals surface area (Å²) in [4.78, 5) is 20.2. The van der Waals surface area contributed by atoms with Gasteiger partial charge in [0.15, 0.2) is 12.4 Å². The van der Waals surface area contributed by atoms with Crippen molar-refractivity contribution in [2.75, 3.05) is 0 Å². The Kier molecular flexibility index (Phi) is 5.33. The molecule has 8 nitrogen and oxygen atoms in total. The van der Waals surface area contributed by atoms with Crippen LogP contribution in [0.25, 0.3) is 0 Å². The van der Waals surface area contributed by atoms with Crippen molar-refractivity contribution < 1.29 is 40.2 Å². The van der Waals surface area contributed by atoms with Gasteiger partial charge in [-0.05, 0) is 0 Å². The molecule has 88 valence electrons. The minimum atomic E-state index is -2.33. The number of aliphatic hydroxyl groups excluding tert-OH is 5. The van der Waals surface area contributed by atoms with E-state index in [2.05, 4.69) is 0 Å². The normalized spacial score (nSPS) is 21.1. The molecule has 0 spiro atoms. The van der Waals surface area contributed by atoms with Crippen molar-refractivity contribution in [3.05, 3.63) is 0 Å². The number of aliphatic hydroxyl groups is 5. The molecule has 0 radical (unpaired) electrons. The number of carboxylic acids is 1. The van der Waals surface area contributed by atoms with Gasteiger partial charge >= 0.3 is 5.97 Å². The first kappa shape index (κ1) is 13.9. The van der Waals surface area contributed by atoms with E-state index in [0.717, 1.165) is 0 Å². The van der Waals surface area contributed by atoms with E-state index in [1.54, 1.807) is 0 Å². The second-order valence-electron chi connectivity index (χ2n) is 2.88. The van der Waals surface area contributed by atoms with Crippen molar-refractivity contribution in [2.24, 2.45) is 0 Å². The van der Waals surface area contributed by atoms with Gasteiger partial charge < -0.3 is 35.4 Å². The average Bonchev–Trinajstić information content (AvgIpc) is 2.23. The second kappa shape index (κ2) is 5.73. The fraction of sp³-hybridized carbons (Fsp3) is 0.714. The van der Waals surface area contributed by atoms with E-state index in [-0.39, 0.29) is 6.29 Å². The van der Waals surface area contributed by atoms with E-state index >= 15 is 0 Å². The summed E-state index contributed by atoms with van der Waals surface area (Å²) < 4.78 is 0. The van der Waals surface area contributed by atoms with Gasteiger partial charge in [0.05, 0.1) is 0 Å². The smallest absolute Gasteiger partial charge is 0.335 e. The highest BCUT2D eigenvalue weighted by Gasteiger charge is 2.37. The SMILES string of the molecule is O=C[C@@H](O)[C@@H](O)[C@H](O)[C@H](O)C(O)C(=O)O. The number of rotatable bonds is 6. The lowest BCUT2D eigenvalue weighted by atomic mass is 10.00. The molecule has 0 rings (SSSR count). The molecule has 0 aliphatic heterocycles. The maximum atomic E-state index is 10.2. The minimum absolute atomic E-state index is 0.103. The zero-order valence-corrected chi connectivity index (χ0v) is 7.46. The van der Waals surface area contributed by atoms with Crippen molar-refractivity contribution in [1.82, 2.24) is 0 Å². The molecule has 0 amide bonds. The predicted octanol–water partition coefficient (Wildman–Crippen LogP) is -3.93. The summed E-state index contributed by atoms with van der Waals surface area (Å²) >= 11 is 0. The molecule has 0 heterocycles. The molecule has 0 fully saturated rings. The lowest BCUT2D eigenvalue weighted by Gasteiger charge is -2.25. The van der Waals surface area contributed by atoms with Crippen LogP contribution in [0.2, 0.25) is 0 Å². The van der Waals surface area contributed by atoms with E-state index in [4.69, 9.17) is 30.6 Å². The van der Waals surface area contributed by atoms with Gasteiger partial charge in [0.1, 0.15) is 24.4 Å². The molecule has 0 saturated heterocycles. The quantitative estimate of drug-likeness (QED) is 0.250. The van der Waals surface area contributed by atoms with E-state index < -0.39 is 36.5 Å². The Morgan fingerprint density at radius 1 is 0.933 bits per heavy atom. The van der Waals surface area contributed by atoms with Gasteiger partial charge in [0.25, 0.3) is 0 Å². The summed E-state index contributed by atoms with van der Waals surface area (Å²) in [5, 5.41) is 52.8. The van der Waals surface area contributed by atoms with Crippen molar-refractivity contribution in [1.29, 1.82) is 0 Å². The van der Waals surface area contributed by atoms with Gasteiger partial charge in [-0.25, -0.2) is 4.79 Å². The van der Waals surface area contributed by atoms with E-state index in [1.807, 2.05) is 0 Å². The van der Waals surface area contributed by atoms with Crippen LogP contribution in [0, 0.1) is 0 Å². The minimum Gasteiger partial charge on any atom is -0.479 e. The summed E-state index contributed by atoms with van der Waals surface area (Å²) in [6.45, 7) is 0. The Morgan fingerprint density at radius 2 is 1.40 bits per heavy atom. The van der Waals surface area contributed by atoms with Gasteiger partial charge in [0.2, 0.25) is 0 Å². The zero-order chi connectivity index (χ0) is 12.2. The highest BCUT2D eigenvalue weighted by atomic mass is 16.4. The Hall–Kier alpha value is -1.06. The number of carboxylic acid groups (broad SMARTS) is 1. The fourth-order valence-electron chi connectivity index (χ4n) is 0.817. The molecule has 0 aromatic carbocycles. The third kappa shape index (κ3) is 3.53. The largest absolute Gasteiger partial charge is 0.479 e. The highest BCUT2D eigenvalue weighted by molar-refractivity contribution is 5.72. The first-order chi connectivity index (χ1) is 6.82. The van der Waals surface area contributed by atoms with Crippen LogP contribution in [-0.2, 0) is 9.59 Å². The second-order valence-corrected chi connectivity index (χ2v) is 2.88. The van der Waals surface area contributed by atoms with E-state index in [0.29, 0.717) is 0 Å². The van der Waals surface area contributed by atoms with Gasteiger partial charge in [-0.1, -0.05) is 0 Å². The standard InChI is InChI=1S/C7H12O8/c8-1-2(9)3(10)4(11)5(12)6(13)7(14)15/h1-6,9-13H,(H,14,15)/t2-,3-,4+,5+,6?/m1/s1. The summed E-state index contributed by atoms with van der Waals surface area (Å²) in [5.74, 6) is -1.81. The van der Waals surface area contributed by atoms with Crippen LogP contribution in [0.4, 0.5) is 0 Å². The maximum absolute atomic E-state index is 10.2. The van der Waals surface area contributed by atoms with Gasteiger partial charge in [-0.15, -0.1) is 0 Å². The molecule has 0 saturated carbocycles. The summed E-state index contributed by atoms with van der Waals surface area (Å²) in [7, 11) is 0. The number of aliphatic carboxylic acids is 1. The Balaban J connectivity index is 4.49. The molecular weight excluding hydrogens is 212 g/mol. The van der Waals surface area contributed by atoms with Crippen LogP contribution < -0.4 is 0 Å². The van der Waals surface area contributed by atoms with Gasteiger partial charge in [-0.3, -0.25) is 0 Å². The molecule has 0 aromatic heterocycles. The monoisotopic (exact) mass is 224 g/mol. The van der Waals surface area contributed by atoms with Crippen molar-refractivity contribution in [3.8, 4) is 0 Å². The zero-order valence-electron chi connectivity index (χ0n) is 7.46. The number of carbonyl (C=O) groups excluding carboxylic acids is 1. The molecule has 0 bridgehead atoms. The van der Waals surface area contributed by atoms with Crippen molar-refractivity contribution in [2.45, 2.75) is 30.5 Å². The number of carbonyl (C=O) groups is 2. The fourth-order valence-corrected chi connectivity index (χ4v) is 0.817. The van der Waals surface area contributed by atoms with E-state index in [1.165, 1.54) is 0 Å². The Labute approximate surface area is 84.0 Å². The third-order valence-electron chi connectivity index (χ3n) is 1.77. The lowest BCUT2D eigenvalue weighted by Crippen LogP contribution is -2.51. The maximum Gasteiger partial charge on any atom is 0.335 e. The van der Waals surface area contributed by atoms with Crippen molar-refractivity contribution in [3.63, 3.8) is 0 Å². The molecule has 1 unspecified atom stereocenters. The molecule has 0 aromatic rings. The van der Waals surface area contributed by atoms with Crippen LogP contribution in [-0.4, -0.2) is 73.4 Å². The first-order valence-electron chi connectivity index (χ1n) is 3.91. The lowest BCUT2D eigenvalue weighted by molar-refractivity contribution is -0.168. The topological polar surface area (TPSA) is 156 Å². The number of hydrogen-bond acceptors (Lipinski definition) is 7. The Morgan fingerprint density at radius 3 is 1.73 bits per heavy atom. The van der Waals surface area contributed by atoms with Crippen LogP contribution in [0.5, 0.6) is 0 Å². The highest BCUT2D eigenvalue weighted by Crippen LogP contribution is 2.07. The molecule has 15 heavy (non-hydrogen) atoms. The molecule has 5 atom stereocenters. The molecule has 6 N–H and O–H groups in total. The number of hydrogen-bond donors (Lipinski definition) is 6. The third-order valence-corrected chi connectivity index (χ3v) is 1.77. The van der Waals surface area contributed by atoms with Gasteiger partial charge in [-0.2, -0.15) is 0 Å². The Bertz CT molecular complexity index is 229. The van der Waals surface area contributed by atoms with E-state index in [9.17, 15) is 9.59 Å². The molecule has 0 aliphatic rings. The molecule has 0 aliphatic carbocycles. The summed E-state index contributed by atoms with van der Waals surface area (Å²) in [5.41, 5.74) is 0.